The maximum absolute atomic E-state index is 10.1. The van der Waals surface area contributed by atoms with E-state index in [4.69, 9.17) is 21.3 Å². The standard InChI is InChI=1S/C72H39N9O/c1-74-43-23-29-66-55(33-43)52-16-6-11-21-64(52)81(66)47-35-59-71(77-40-47)70-58(34-46(39-76-70)80-63-20-10-5-15-51(63)54-32-42(38-73)22-28-65(54)80)72(59)56-26-24-44(78-60-17-7-2-12-48(60)49-13-3-8-18-61(49)78)36-68(56)82-69-37-45(25-27-57(69)72)79-62-19-9-4-14-50(62)53-30-31-75-41-67(53)79/h2-37,39-41H. The third-order valence-corrected chi connectivity index (χ3v) is 17.4. The lowest BCUT2D eigenvalue weighted by atomic mass is 9.66. The van der Waals surface area contributed by atoms with Gasteiger partial charge in [0.1, 0.15) is 11.5 Å². The van der Waals surface area contributed by atoms with Gasteiger partial charge in [0.05, 0.1) is 109 Å². The van der Waals surface area contributed by atoms with Gasteiger partial charge in [-0.15, -0.1) is 0 Å². The smallest absolute Gasteiger partial charge is 0.188 e. The topological polar surface area (TPSA) is 95.8 Å². The van der Waals surface area contributed by atoms with E-state index in [1.165, 1.54) is 10.8 Å². The van der Waals surface area contributed by atoms with Crippen LogP contribution in [-0.4, -0.2) is 33.2 Å². The number of para-hydroxylation sites is 5. The lowest BCUT2D eigenvalue weighted by Gasteiger charge is -2.39. The quantitative estimate of drug-likeness (QED) is 0.164. The Morgan fingerprint density at radius 1 is 0.390 bits per heavy atom. The van der Waals surface area contributed by atoms with Crippen LogP contribution in [-0.2, 0) is 5.41 Å². The Balaban J connectivity index is 0.969. The second kappa shape index (κ2) is 16.2. The van der Waals surface area contributed by atoms with Gasteiger partial charge < -0.3 is 23.0 Å². The second-order valence-electron chi connectivity index (χ2n) is 21.4. The van der Waals surface area contributed by atoms with E-state index in [9.17, 15) is 5.26 Å². The minimum absolute atomic E-state index is 0.583. The molecule has 18 rings (SSSR count). The average molecular weight is 1050 g/mol. The third kappa shape index (κ3) is 5.76. The number of aromatic nitrogens is 7. The highest BCUT2D eigenvalue weighted by molar-refractivity contribution is 6.13. The van der Waals surface area contributed by atoms with Crippen LogP contribution in [0.15, 0.2) is 237 Å². The molecule has 16 aromatic rings. The summed E-state index contributed by atoms with van der Waals surface area (Å²) in [6.45, 7) is 7.95. The molecule has 8 heterocycles. The van der Waals surface area contributed by atoms with E-state index < -0.39 is 5.41 Å². The normalized spacial score (nSPS) is 14.2. The summed E-state index contributed by atoms with van der Waals surface area (Å²) in [5.41, 5.74) is 17.3. The molecule has 378 valence electrons. The fraction of sp³-hybridized carbons (Fsp3) is 0.0139. The van der Waals surface area contributed by atoms with Crippen LogP contribution in [0.2, 0.25) is 0 Å². The van der Waals surface area contributed by atoms with Gasteiger partial charge in [0.25, 0.3) is 0 Å². The van der Waals surface area contributed by atoms with Crippen molar-refractivity contribution in [2.75, 3.05) is 0 Å². The Bertz CT molecular complexity index is 5170. The molecule has 0 bridgehead atoms. The first-order valence-electron chi connectivity index (χ1n) is 27.2. The molecule has 1 aliphatic heterocycles. The number of nitriles is 1. The van der Waals surface area contributed by atoms with Crippen LogP contribution in [0.5, 0.6) is 11.5 Å². The molecule has 0 radical (unpaired) electrons. The molecule has 0 amide bonds. The molecule has 1 spiro atoms. The monoisotopic (exact) mass is 1050 g/mol. The predicted molar refractivity (Wildman–Crippen MR) is 326 cm³/mol. The summed E-state index contributed by atoms with van der Waals surface area (Å²) in [7, 11) is 0. The minimum Gasteiger partial charge on any atom is -0.457 e. The van der Waals surface area contributed by atoms with Crippen molar-refractivity contribution in [1.82, 2.24) is 33.2 Å². The Labute approximate surface area is 467 Å². The number of benzene rings is 9. The maximum Gasteiger partial charge on any atom is 0.188 e. The van der Waals surface area contributed by atoms with Gasteiger partial charge in [-0.05, 0) is 96.4 Å². The third-order valence-electron chi connectivity index (χ3n) is 17.4. The zero-order valence-electron chi connectivity index (χ0n) is 43.4. The fourth-order valence-electron chi connectivity index (χ4n) is 14.1. The summed E-state index contributed by atoms with van der Waals surface area (Å²) in [5.74, 6) is 1.39. The van der Waals surface area contributed by atoms with Crippen molar-refractivity contribution in [2.24, 2.45) is 0 Å². The number of pyridine rings is 3. The second-order valence-corrected chi connectivity index (χ2v) is 21.4. The van der Waals surface area contributed by atoms with Gasteiger partial charge in [-0.2, -0.15) is 5.26 Å². The van der Waals surface area contributed by atoms with Gasteiger partial charge >= 0.3 is 0 Å². The van der Waals surface area contributed by atoms with Crippen molar-refractivity contribution in [3.63, 3.8) is 0 Å². The Kier molecular flexibility index (Phi) is 8.80. The number of nitrogens with zero attached hydrogens (tertiary/aromatic N) is 9. The molecule has 0 N–H and O–H groups in total. The van der Waals surface area contributed by atoms with Crippen LogP contribution < -0.4 is 4.74 Å². The van der Waals surface area contributed by atoms with Crippen molar-refractivity contribution in [2.45, 2.75) is 5.41 Å². The first-order valence-corrected chi connectivity index (χ1v) is 27.2. The summed E-state index contributed by atoms with van der Waals surface area (Å²) in [6.07, 6.45) is 7.74. The van der Waals surface area contributed by atoms with Gasteiger partial charge in [0, 0.05) is 89.7 Å². The highest BCUT2D eigenvalue weighted by atomic mass is 16.5. The summed E-state index contributed by atoms with van der Waals surface area (Å²) >= 11 is 0. The van der Waals surface area contributed by atoms with Crippen LogP contribution in [0.25, 0.3) is 126 Å². The van der Waals surface area contributed by atoms with E-state index >= 15 is 0 Å². The molecule has 0 saturated carbocycles. The van der Waals surface area contributed by atoms with Gasteiger partial charge in [-0.3, -0.25) is 15.0 Å². The Morgan fingerprint density at radius 3 is 1.32 bits per heavy atom. The number of rotatable bonds is 4. The molecule has 10 heteroatoms. The first kappa shape index (κ1) is 44.4. The SMILES string of the molecule is [C-]#[N+]c1ccc2c(c1)c1ccccc1n2-c1cnc2c(c1)C1(c3ccc(-n4c5ccccc5c5ccccc54)cc3Oc3cc(-n4c5ccccc5c5ccncc54)ccc31)c1cc(-n3c4ccccc4c4cc(C#N)ccc43)cnc1-2. The molecule has 82 heavy (non-hydrogen) atoms. The number of hydrogen-bond acceptors (Lipinski definition) is 5. The summed E-state index contributed by atoms with van der Waals surface area (Å²) in [6, 6.07) is 76.8. The predicted octanol–water partition coefficient (Wildman–Crippen LogP) is 17.2. The van der Waals surface area contributed by atoms with Crippen molar-refractivity contribution >= 4 is 92.9 Å². The van der Waals surface area contributed by atoms with E-state index in [-0.39, 0.29) is 0 Å². The lowest BCUT2D eigenvalue weighted by Crippen LogP contribution is -2.32. The molecule has 7 aromatic heterocycles. The number of fused-ring (bicyclic) bond motifs is 21. The molecule has 1 atom stereocenters. The highest BCUT2D eigenvalue weighted by Gasteiger charge is 2.53. The minimum atomic E-state index is -1.07. The van der Waals surface area contributed by atoms with Crippen LogP contribution in [0.4, 0.5) is 5.69 Å². The van der Waals surface area contributed by atoms with E-state index in [0.717, 1.165) is 133 Å². The van der Waals surface area contributed by atoms with Crippen molar-refractivity contribution in [1.29, 1.82) is 5.26 Å². The molecular weight excluding hydrogens is 1010 g/mol. The van der Waals surface area contributed by atoms with Crippen molar-refractivity contribution < 1.29 is 4.74 Å². The zero-order valence-corrected chi connectivity index (χ0v) is 43.4. The Morgan fingerprint density at radius 2 is 0.817 bits per heavy atom. The molecule has 0 fully saturated rings. The zero-order chi connectivity index (χ0) is 53.9. The molecule has 9 aromatic carbocycles. The average Bonchev–Trinajstić information content (AvgIpc) is 1.59. The van der Waals surface area contributed by atoms with E-state index in [2.05, 4.69) is 216 Å². The lowest BCUT2D eigenvalue weighted by molar-refractivity contribution is 0.436. The number of ether oxygens (including phenoxy) is 1. The molecule has 0 saturated heterocycles. The van der Waals surface area contributed by atoms with Crippen LogP contribution in [0.1, 0.15) is 27.8 Å². The van der Waals surface area contributed by atoms with E-state index in [1.54, 1.807) is 0 Å². The molecule has 1 unspecified atom stereocenters. The van der Waals surface area contributed by atoms with Gasteiger partial charge in [0.2, 0.25) is 0 Å². The van der Waals surface area contributed by atoms with Crippen LogP contribution in [0, 0.1) is 17.9 Å². The van der Waals surface area contributed by atoms with Crippen molar-refractivity contribution in [3.05, 3.63) is 276 Å². The van der Waals surface area contributed by atoms with E-state index in [1.807, 2.05) is 55.1 Å². The number of hydrogen-bond donors (Lipinski definition) is 0. The Hall–Kier alpha value is -11.6. The fourth-order valence-corrected chi connectivity index (χ4v) is 14.1. The van der Waals surface area contributed by atoms with E-state index in [0.29, 0.717) is 22.7 Å². The van der Waals surface area contributed by atoms with Crippen LogP contribution in [0.3, 0.4) is 0 Å². The summed E-state index contributed by atoms with van der Waals surface area (Å²) in [5, 5.41) is 18.8. The molecular formula is C72H39N9O. The van der Waals surface area contributed by atoms with Crippen molar-refractivity contribution in [3.8, 4) is 51.7 Å². The highest BCUT2D eigenvalue weighted by Crippen LogP contribution is 2.63. The molecule has 10 nitrogen and oxygen atoms in total. The molecule has 2 aliphatic rings. The first-order chi connectivity index (χ1) is 40.6. The van der Waals surface area contributed by atoms with Crippen LogP contribution >= 0.6 is 0 Å². The largest absolute Gasteiger partial charge is 0.457 e. The summed E-state index contributed by atoms with van der Waals surface area (Å²) in [4.78, 5) is 19.6. The van der Waals surface area contributed by atoms with Gasteiger partial charge in [0.15, 0.2) is 5.69 Å². The summed E-state index contributed by atoms with van der Waals surface area (Å²) < 4.78 is 16.7. The van der Waals surface area contributed by atoms with Gasteiger partial charge in [-0.25, -0.2) is 4.85 Å². The maximum atomic E-state index is 10.1. The van der Waals surface area contributed by atoms with Gasteiger partial charge in [-0.1, -0.05) is 109 Å². The molecule has 1 aliphatic carbocycles.